The quantitative estimate of drug-likeness (QED) is 0.596. The van der Waals surface area contributed by atoms with E-state index in [0.29, 0.717) is 17.4 Å². The lowest BCUT2D eigenvalue weighted by Gasteiger charge is -2.19. The average molecular weight is 263 g/mol. The van der Waals surface area contributed by atoms with E-state index in [2.05, 4.69) is 9.24 Å². The molecule has 6 heteroatoms. The fourth-order valence-electron chi connectivity index (χ4n) is 1.53. The van der Waals surface area contributed by atoms with Crippen LogP contribution in [0.5, 0.6) is 0 Å². The number of hydrogen-bond donors (Lipinski definition) is 1. The van der Waals surface area contributed by atoms with Gasteiger partial charge in [-0.05, 0) is 12.2 Å². The summed E-state index contributed by atoms with van der Waals surface area (Å²) in [4.78, 5) is 22.5. The molecule has 2 N–H and O–H groups in total. The Kier molecular flexibility index (Phi) is 3.44. The van der Waals surface area contributed by atoms with E-state index in [-0.39, 0.29) is 16.9 Å². The van der Waals surface area contributed by atoms with Gasteiger partial charge in [0.1, 0.15) is 0 Å². The van der Waals surface area contributed by atoms with Gasteiger partial charge >= 0.3 is 0 Å². The number of aldehydes is 1. The molecule has 5 nitrogen and oxygen atoms in total. The van der Waals surface area contributed by atoms with E-state index < -0.39 is 5.91 Å². The summed E-state index contributed by atoms with van der Waals surface area (Å²) in [6, 6.07) is 0. The third kappa shape index (κ3) is 2.13. The van der Waals surface area contributed by atoms with Crippen LogP contribution >= 0.6 is 9.24 Å². The molecule has 1 amide bonds. The zero-order valence-corrected chi connectivity index (χ0v) is 10.4. The number of nitrogens with two attached hydrogens (primary N) is 1. The molecule has 2 aliphatic rings. The maximum absolute atomic E-state index is 11.5. The van der Waals surface area contributed by atoms with Gasteiger partial charge in [0.25, 0.3) is 5.91 Å². The van der Waals surface area contributed by atoms with Crippen LogP contribution in [-0.4, -0.2) is 12.2 Å². The molecule has 0 aromatic rings. The minimum Gasteiger partial charge on any atom is -0.461 e. The van der Waals surface area contributed by atoms with Crippen molar-refractivity contribution < 1.29 is 19.1 Å². The molecule has 0 aromatic carbocycles. The molecule has 0 spiro atoms. The van der Waals surface area contributed by atoms with E-state index in [0.717, 1.165) is 0 Å². The highest BCUT2D eigenvalue weighted by atomic mass is 31.0. The predicted octanol–water partition coefficient (Wildman–Crippen LogP) is 1.03. The molecular formula is C12H10NO4P. The molecule has 0 bridgehead atoms. The molecular weight excluding hydrogens is 253 g/mol. The number of ether oxygens (including phenoxy) is 2. The van der Waals surface area contributed by atoms with E-state index in [4.69, 9.17) is 15.2 Å². The minimum atomic E-state index is -0.751. The molecule has 0 aromatic heterocycles. The number of rotatable bonds is 2. The Labute approximate surface area is 106 Å². The first-order chi connectivity index (χ1) is 8.65. The van der Waals surface area contributed by atoms with Crippen LogP contribution in [0.25, 0.3) is 0 Å². The Balaban J connectivity index is 2.61. The molecule has 1 unspecified atom stereocenters. The van der Waals surface area contributed by atoms with E-state index in [9.17, 15) is 9.59 Å². The van der Waals surface area contributed by atoms with Crippen LogP contribution in [0.3, 0.4) is 0 Å². The first-order valence-corrected chi connectivity index (χ1v) is 5.59. The average Bonchev–Trinajstić information content (AvgIpc) is 2.39. The van der Waals surface area contributed by atoms with Crippen molar-refractivity contribution >= 4 is 21.4 Å². The Hall–Kier alpha value is -2.13. The normalized spacial score (nSPS) is 22.2. The van der Waals surface area contributed by atoms with E-state index in [1.807, 2.05) is 0 Å². The van der Waals surface area contributed by atoms with Crippen molar-refractivity contribution in [3.8, 4) is 0 Å². The molecule has 18 heavy (non-hydrogen) atoms. The van der Waals surface area contributed by atoms with E-state index in [1.54, 1.807) is 18.2 Å². The van der Waals surface area contributed by atoms with Gasteiger partial charge in [0.15, 0.2) is 17.8 Å². The number of hydrogen-bond acceptors (Lipinski definition) is 4. The number of allylic oxidation sites excluding steroid dienone is 5. The highest BCUT2D eigenvalue weighted by Gasteiger charge is 2.27. The molecule has 92 valence electrons. The fraction of sp³-hybridized carbons (Fsp3) is 0. The maximum Gasteiger partial charge on any atom is 0.253 e. The van der Waals surface area contributed by atoms with Gasteiger partial charge in [0, 0.05) is 10.9 Å². The summed E-state index contributed by atoms with van der Waals surface area (Å²) < 4.78 is 10.5. The number of amides is 1. The number of primary amides is 1. The van der Waals surface area contributed by atoms with Crippen LogP contribution in [0.15, 0.2) is 58.7 Å². The number of carbonyl (C=O) groups excluding carboxylic acids is 2. The second-order valence-corrected chi connectivity index (χ2v) is 4.08. The van der Waals surface area contributed by atoms with Crippen LogP contribution in [0.4, 0.5) is 0 Å². The van der Waals surface area contributed by atoms with Crippen LogP contribution in [0.2, 0.25) is 0 Å². The third-order valence-electron chi connectivity index (χ3n) is 2.33. The van der Waals surface area contributed by atoms with Gasteiger partial charge in [-0.2, -0.15) is 0 Å². The number of carbonyl (C=O) groups is 2. The highest BCUT2D eigenvalue weighted by Crippen LogP contribution is 2.32. The Morgan fingerprint density at radius 1 is 1.33 bits per heavy atom. The van der Waals surface area contributed by atoms with Crippen molar-refractivity contribution in [3.05, 3.63) is 58.7 Å². The first kappa shape index (κ1) is 12.3. The molecule has 2 rings (SSSR count). The van der Waals surface area contributed by atoms with Crippen molar-refractivity contribution in [1.82, 2.24) is 0 Å². The predicted molar refractivity (Wildman–Crippen MR) is 67.6 cm³/mol. The fourth-order valence-corrected chi connectivity index (χ4v) is 1.81. The Morgan fingerprint density at radius 2 is 2.11 bits per heavy atom. The van der Waals surface area contributed by atoms with E-state index >= 15 is 0 Å². The molecule has 0 aliphatic carbocycles. The lowest BCUT2D eigenvalue weighted by Crippen LogP contribution is -2.22. The summed E-state index contributed by atoms with van der Waals surface area (Å²) in [5.41, 5.74) is 5.47. The topological polar surface area (TPSA) is 78.6 Å². The molecule has 0 fully saturated rings. The van der Waals surface area contributed by atoms with Crippen molar-refractivity contribution in [1.29, 1.82) is 0 Å². The standard InChI is InChI=1S/C12H10NO4P/c13-12(15)10-7(5-14)9(18)6-17-11(10)8-3-1-2-4-16-8/h1-6H,18H2,(H2,13,15). The van der Waals surface area contributed by atoms with Crippen LogP contribution in [0.1, 0.15) is 0 Å². The van der Waals surface area contributed by atoms with Crippen molar-refractivity contribution in [2.75, 3.05) is 0 Å². The van der Waals surface area contributed by atoms with Gasteiger partial charge in [-0.25, -0.2) is 0 Å². The second-order valence-electron chi connectivity index (χ2n) is 3.46. The van der Waals surface area contributed by atoms with Crippen molar-refractivity contribution in [3.63, 3.8) is 0 Å². The SMILES string of the molecule is NC(=O)C1=C(C=O)C(P)=COC1=C1C=CC=CO1. The summed E-state index contributed by atoms with van der Waals surface area (Å²) >= 11 is 0. The van der Waals surface area contributed by atoms with Gasteiger partial charge < -0.3 is 15.2 Å². The zero-order chi connectivity index (χ0) is 13.1. The van der Waals surface area contributed by atoms with Crippen molar-refractivity contribution in [2.45, 2.75) is 0 Å². The van der Waals surface area contributed by atoms with Crippen LogP contribution in [0, 0.1) is 0 Å². The van der Waals surface area contributed by atoms with Crippen LogP contribution in [-0.2, 0) is 19.1 Å². The zero-order valence-electron chi connectivity index (χ0n) is 9.25. The molecule has 0 saturated heterocycles. The molecule has 1 atom stereocenters. The highest BCUT2D eigenvalue weighted by molar-refractivity contribution is 7.23. The first-order valence-electron chi connectivity index (χ1n) is 5.01. The van der Waals surface area contributed by atoms with Gasteiger partial charge in [0.05, 0.1) is 18.1 Å². The molecule has 0 radical (unpaired) electrons. The summed E-state index contributed by atoms with van der Waals surface area (Å²) in [6.07, 6.45) is 8.35. The van der Waals surface area contributed by atoms with Gasteiger partial charge in [0.2, 0.25) is 0 Å². The summed E-state index contributed by atoms with van der Waals surface area (Å²) in [6.45, 7) is 0. The van der Waals surface area contributed by atoms with Gasteiger partial charge in [-0.1, -0.05) is 6.08 Å². The molecule has 2 heterocycles. The van der Waals surface area contributed by atoms with Gasteiger partial charge in [-0.15, -0.1) is 9.24 Å². The maximum atomic E-state index is 11.5. The summed E-state index contributed by atoms with van der Waals surface area (Å²) in [5, 5.41) is 0.457. The smallest absolute Gasteiger partial charge is 0.253 e. The lowest BCUT2D eigenvalue weighted by molar-refractivity contribution is -0.115. The van der Waals surface area contributed by atoms with Crippen LogP contribution < -0.4 is 5.73 Å². The summed E-state index contributed by atoms with van der Waals surface area (Å²) in [7, 11) is 2.31. The monoisotopic (exact) mass is 263 g/mol. The van der Waals surface area contributed by atoms with Crippen molar-refractivity contribution in [2.24, 2.45) is 5.73 Å². The largest absolute Gasteiger partial charge is 0.461 e. The Morgan fingerprint density at radius 3 is 2.67 bits per heavy atom. The minimum absolute atomic E-state index is 0.00690. The third-order valence-corrected chi connectivity index (χ3v) is 2.78. The second kappa shape index (κ2) is 5.02. The Bertz CT molecular complexity index is 567. The summed E-state index contributed by atoms with van der Waals surface area (Å²) in [5.74, 6) is -0.296. The molecule has 2 aliphatic heterocycles. The molecule has 0 saturated carbocycles. The van der Waals surface area contributed by atoms with Gasteiger partial charge in [-0.3, -0.25) is 9.59 Å². The lowest BCUT2D eigenvalue weighted by atomic mass is 10.0. The van der Waals surface area contributed by atoms with E-state index in [1.165, 1.54) is 12.5 Å².